The fourth-order valence-corrected chi connectivity index (χ4v) is 2.43. The molecule has 0 aliphatic heterocycles. The quantitative estimate of drug-likeness (QED) is 0.850. The van der Waals surface area contributed by atoms with Gasteiger partial charge in [-0.1, -0.05) is 24.3 Å². The number of carboxylic acids is 1. The van der Waals surface area contributed by atoms with Crippen LogP contribution >= 0.6 is 0 Å². The van der Waals surface area contributed by atoms with Crippen LogP contribution in [0.5, 0.6) is 0 Å². The highest BCUT2D eigenvalue weighted by atomic mass is 32.2. The first-order chi connectivity index (χ1) is 9.29. The minimum Gasteiger partial charge on any atom is -0.593 e. The van der Waals surface area contributed by atoms with E-state index in [2.05, 4.69) is 4.72 Å². The fraction of sp³-hybridized carbons (Fsp3) is 0.267. The second kappa shape index (κ2) is 5.34. The smallest absolute Gasteiger partial charge is 0.337 e. The van der Waals surface area contributed by atoms with Crippen molar-refractivity contribution >= 4 is 33.8 Å². The average molecular weight is 291 g/mol. The van der Waals surface area contributed by atoms with Gasteiger partial charge in [-0.05, 0) is 43.7 Å². The molecule has 0 aromatic heterocycles. The number of fused-ring (bicyclic) bond motifs is 1. The maximum Gasteiger partial charge on any atom is 0.337 e. The van der Waals surface area contributed by atoms with Crippen LogP contribution in [-0.2, 0) is 11.4 Å². The molecule has 1 atom stereocenters. The van der Waals surface area contributed by atoms with Crippen LogP contribution in [0, 0.1) is 0 Å². The zero-order valence-corrected chi connectivity index (χ0v) is 12.5. The van der Waals surface area contributed by atoms with Crippen LogP contribution in [0.3, 0.4) is 0 Å². The monoisotopic (exact) mass is 291 g/mol. The molecule has 5 heteroatoms. The van der Waals surface area contributed by atoms with E-state index in [-0.39, 0.29) is 5.56 Å². The Kier molecular flexibility index (Phi) is 3.92. The molecule has 0 unspecified atom stereocenters. The van der Waals surface area contributed by atoms with Crippen molar-refractivity contribution in [3.8, 4) is 0 Å². The topological polar surface area (TPSA) is 72.4 Å². The number of aromatic carboxylic acids is 1. The summed E-state index contributed by atoms with van der Waals surface area (Å²) in [6, 6.07) is 10.8. The molecule has 106 valence electrons. The Morgan fingerprint density at radius 2 is 1.75 bits per heavy atom. The summed E-state index contributed by atoms with van der Waals surface area (Å²) in [6.07, 6.45) is 0. The van der Waals surface area contributed by atoms with E-state index >= 15 is 0 Å². The maximum atomic E-state index is 12.2. The lowest BCUT2D eigenvalue weighted by Crippen LogP contribution is -2.34. The molecule has 0 radical (unpaired) electrons. The van der Waals surface area contributed by atoms with E-state index in [0.29, 0.717) is 5.69 Å². The van der Waals surface area contributed by atoms with Gasteiger partial charge in [0, 0.05) is 0 Å². The van der Waals surface area contributed by atoms with Crippen molar-refractivity contribution in [2.45, 2.75) is 25.5 Å². The Labute approximate surface area is 121 Å². The fourth-order valence-electron chi connectivity index (χ4n) is 1.75. The first-order valence-corrected chi connectivity index (χ1v) is 7.38. The number of hydrogen-bond donors (Lipinski definition) is 2. The van der Waals surface area contributed by atoms with Crippen LogP contribution in [0.2, 0.25) is 0 Å². The third kappa shape index (κ3) is 3.05. The lowest BCUT2D eigenvalue weighted by atomic mass is 10.1. The minimum absolute atomic E-state index is 0.126. The number of carbonyl (C=O) groups is 1. The van der Waals surface area contributed by atoms with Gasteiger partial charge in [0.15, 0.2) is 0 Å². The van der Waals surface area contributed by atoms with Gasteiger partial charge in [-0.25, -0.2) is 9.52 Å². The summed E-state index contributed by atoms with van der Waals surface area (Å²) in [6.45, 7) is 5.49. The first-order valence-electron chi connectivity index (χ1n) is 6.23. The third-order valence-electron chi connectivity index (χ3n) is 2.88. The Hall–Kier alpha value is -1.72. The Morgan fingerprint density at radius 1 is 1.20 bits per heavy atom. The molecular formula is C15H17NO3S. The van der Waals surface area contributed by atoms with E-state index < -0.39 is 22.1 Å². The molecule has 0 heterocycles. The molecule has 0 fully saturated rings. The summed E-state index contributed by atoms with van der Waals surface area (Å²) >= 11 is -1.37. The molecule has 2 N–H and O–H groups in total. The minimum atomic E-state index is -1.37. The van der Waals surface area contributed by atoms with Gasteiger partial charge in [-0.3, -0.25) is 0 Å². The normalized spacial score (nSPS) is 13.2. The van der Waals surface area contributed by atoms with Crippen LogP contribution in [0.25, 0.3) is 10.8 Å². The van der Waals surface area contributed by atoms with Gasteiger partial charge in [0.05, 0.1) is 22.6 Å². The number of rotatable bonds is 3. The molecule has 0 bridgehead atoms. The molecule has 0 aliphatic carbocycles. The van der Waals surface area contributed by atoms with Crippen molar-refractivity contribution in [1.29, 1.82) is 0 Å². The maximum absolute atomic E-state index is 12.2. The molecule has 2 aromatic rings. The summed E-state index contributed by atoms with van der Waals surface area (Å²) in [5.41, 5.74) is 0.505. The first kappa shape index (κ1) is 14.7. The van der Waals surface area contributed by atoms with Gasteiger partial charge in [0.2, 0.25) is 0 Å². The van der Waals surface area contributed by atoms with Crippen molar-refractivity contribution in [1.82, 2.24) is 0 Å². The van der Waals surface area contributed by atoms with Gasteiger partial charge >= 0.3 is 5.97 Å². The Balaban J connectivity index is 2.50. The molecule has 4 nitrogen and oxygen atoms in total. The number of anilines is 1. The van der Waals surface area contributed by atoms with E-state index in [1.807, 2.05) is 45.0 Å². The van der Waals surface area contributed by atoms with Crippen LogP contribution in [0.1, 0.15) is 31.1 Å². The van der Waals surface area contributed by atoms with Crippen LogP contribution in [0.4, 0.5) is 5.69 Å². The SMILES string of the molecule is CC(C)(C)[S@@+]([O-])Nc1cc2ccccc2cc1C(=O)O. The van der Waals surface area contributed by atoms with E-state index in [4.69, 9.17) is 0 Å². The van der Waals surface area contributed by atoms with Crippen LogP contribution in [-0.4, -0.2) is 20.4 Å². The Morgan fingerprint density at radius 3 is 2.25 bits per heavy atom. The second-order valence-corrected chi connectivity index (χ2v) is 7.50. The van der Waals surface area contributed by atoms with Crippen molar-refractivity contribution in [3.05, 3.63) is 42.0 Å². The molecule has 0 saturated heterocycles. The lowest BCUT2D eigenvalue weighted by Gasteiger charge is -2.24. The number of hydrogen-bond acceptors (Lipinski definition) is 3. The zero-order valence-electron chi connectivity index (χ0n) is 11.6. The molecule has 20 heavy (non-hydrogen) atoms. The largest absolute Gasteiger partial charge is 0.593 e. The molecule has 0 spiro atoms. The van der Waals surface area contributed by atoms with Crippen molar-refractivity contribution in [2.75, 3.05) is 4.72 Å². The van der Waals surface area contributed by atoms with E-state index in [9.17, 15) is 14.5 Å². The summed E-state index contributed by atoms with van der Waals surface area (Å²) in [5.74, 6) is -1.04. The highest BCUT2D eigenvalue weighted by Crippen LogP contribution is 2.27. The molecular weight excluding hydrogens is 274 g/mol. The zero-order chi connectivity index (χ0) is 14.9. The molecule has 0 amide bonds. The van der Waals surface area contributed by atoms with E-state index in [0.717, 1.165) is 10.8 Å². The lowest BCUT2D eigenvalue weighted by molar-refractivity contribution is 0.0698. The number of nitrogens with one attached hydrogen (secondary N) is 1. The molecule has 0 aliphatic rings. The standard InChI is InChI=1S/C15H17NO3S/c1-15(2,3)20(19)16-13-9-11-7-5-4-6-10(11)8-12(13)14(17)18/h4-9,16H,1-3H3,(H,17,18)/t20-/m1/s1. The predicted octanol–water partition coefficient (Wildman–Crippen LogP) is 3.41. The van der Waals surface area contributed by atoms with E-state index in [1.54, 1.807) is 12.1 Å². The van der Waals surface area contributed by atoms with Gasteiger partial charge in [0.1, 0.15) is 4.75 Å². The summed E-state index contributed by atoms with van der Waals surface area (Å²) in [7, 11) is 0. The summed E-state index contributed by atoms with van der Waals surface area (Å²) in [4.78, 5) is 11.4. The summed E-state index contributed by atoms with van der Waals surface area (Å²) < 4.78 is 14.5. The molecule has 2 rings (SSSR count). The van der Waals surface area contributed by atoms with Gasteiger partial charge in [-0.15, -0.1) is 0 Å². The third-order valence-corrected chi connectivity index (χ3v) is 4.39. The van der Waals surface area contributed by atoms with Crippen LogP contribution < -0.4 is 4.72 Å². The Bertz CT molecular complexity index is 649. The van der Waals surface area contributed by atoms with Crippen molar-refractivity contribution in [3.63, 3.8) is 0 Å². The van der Waals surface area contributed by atoms with Gasteiger partial charge in [0.25, 0.3) is 0 Å². The molecule has 0 saturated carbocycles. The van der Waals surface area contributed by atoms with Crippen LogP contribution in [0.15, 0.2) is 36.4 Å². The highest BCUT2D eigenvalue weighted by Gasteiger charge is 2.28. The average Bonchev–Trinajstić information content (AvgIpc) is 2.36. The number of carboxylic acid groups (broad SMARTS) is 1. The molecule has 2 aromatic carbocycles. The number of benzene rings is 2. The predicted molar refractivity (Wildman–Crippen MR) is 82.4 cm³/mol. The van der Waals surface area contributed by atoms with Crippen molar-refractivity contribution in [2.24, 2.45) is 0 Å². The van der Waals surface area contributed by atoms with E-state index in [1.165, 1.54) is 0 Å². The van der Waals surface area contributed by atoms with Gasteiger partial charge < -0.3 is 9.66 Å². The van der Waals surface area contributed by atoms with Crippen molar-refractivity contribution < 1.29 is 14.5 Å². The highest BCUT2D eigenvalue weighted by molar-refractivity contribution is 7.94. The summed E-state index contributed by atoms with van der Waals surface area (Å²) in [5, 5.41) is 11.1. The van der Waals surface area contributed by atoms with Gasteiger partial charge in [-0.2, -0.15) is 0 Å². The second-order valence-electron chi connectivity index (χ2n) is 5.53.